The number of alkyl carbamates (subject to hydrolysis) is 1. The van der Waals surface area contributed by atoms with Crippen molar-refractivity contribution >= 4 is 11.8 Å². The van der Waals surface area contributed by atoms with Crippen molar-refractivity contribution in [1.29, 1.82) is 0 Å². The van der Waals surface area contributed by atoms with Crippen LogP contribution in [0.15, 0.2) is 12.1 Å². The summed E-state index contributed by atoms with van der Waals surface area (Å²) in [4.78, 5) is 10.9. The van der Waals surface area contributed by atoms with Crippen LogP contribution in [0.2, 0.25) is 0 Å². The summed E-state index contributed by atoms with van der Waals surface area (Å²) in [6.07, 6.45) is 0.121. The van der Waals surface area contributed by atoms with Gasteiger partial charge >= 0.3 is 6.09 Å². The number of nitrogen functional groups attached to an aromatic ring is 1. The molecule has 0 aliphatic carbocycles. The molecule has 1 aromatic carbocycles. The number of methoxy groups -OCH3 is 3. The highest BCUT2D eigenvalue weighted by molar-refractivity contribution is 5.67. The maximum Gasteiger partial charge on any atom is 0.406 e. The SMILES string of the molecule is COC(=O)NCCc1cc(OC)c(OC)cc1N. The number of hydrogen-bond donors (Lipinski definition) is 2. The highest BCUT2D eigenvalue weighted by atomic mass is 16.5. The minimum Gasteiger partial charge on any atom is -0.493 e. The van der Waals surface area contributed by atoms with E-state index in [9.17, 15) is 4.79 Å². The molecule has 0 radical (unpaired) electrons. The van der Waals surface area contributed by atoms with E-state index in [1.807, 2.05) is 0 Å². The molecule has 1 aromatic rings. The lowest BCUT2D eigenvalue weighted by molar-refractivity contribution is 0.171. The van der Waals surface area contributed by atoms with Gasteiger partial charge in [-0.3, -0.25) is 0 Å². The van der Waals surface area contributed by atoms with Gasteiger partial charge < -0.3 is 25.3 Å². The van der Waals surface area contributed by atoms with Crippen LogP contribution in [0.25, 0.3) is 0 Å². The molecule has 0 aliphatic heterocycles. The van der Waals surface area contributed by atoms with Gasteiger partial charge in [0.2, 0.25) is 0 Å². The molecule has 6 heteroatoms. The average Bonchev–Trinajstić information content (AvgIpc) is 2.39. The van der Waals surface area contributed by atoms with Gasteiger partial charge in [-0.2, -0.15) is 0 Å². The predicted molar refractivity (Wildman–Crippen MR) is 68.1 cm³/mol. The van der Waals surface area contributed by atoms with Crippen LogP contribution >= 0.6 is 0 Å². The van der Waals surface area contributed by atoms with E-state index in [4.69, 9.17) is 15.2 Å². The van der Waals surface area contributed by atoms with Crippen LogP contribution in [0.1, 0.15) is 5.56 Å². The quantitative estimate of drug-likeness (QED) is 0.771. The summed E-state index contributed by atoms with van der Waals surface area (Å²) in [7, 11) is 4.43. The fraction of sp³-hybridized carbons (Fsp3) is 0.417. The van der Waals surface area contributed by atoms with Gasteiger partial charge in [-0.1, -0.05) is 0 Å². The van der Waals surface area contributed by atoms with E-state index in [0.29, 0.717) is 30.2 Å². The molecule has 0 saturated carbocycles. The van der Waals surface area contributed by atoms with Crippen LogP contribution in [0.3, 0.4) is 0 Å². The van der Waals surface area contributed by atoms with Gasteiger partial charge in [0, 0.05) is 18.3 Å². The molecule has 0 saturated heterocycles. The van der Waals surface area contributed by atoms with Crippen molar-refractivity contribution in [2.45, 2.75) is 6.42 Å². The number of nitrogens with two attached hydrogens (primary N) is 1. The number of carbonyl (C=O) groups excluding carboxylic acids is 1. The standard InChI is InChI=1S/C12H18N2O4/c1-16-10-6-8(4-5-14-12(15)18-3)9(13)7-11(10)17-2/h6-7H,4-5,13H2,1-3H3,(H,14,15). The lowest BCUT2D eigenvalue weighted by atomic mass is 10.1. The first-order chi connectivity index (χ1) is 8.62. The van der Waals surface area contributed by atoms with Crippen LogP contribution < -0.4 is 20.5 Å². The average molecular weight is 254 g/mol. The molecule has 0 spiro atoms. The second-order valence-electron chi connectivity index (χ2n) is 3.57. The summed E-state index contributed by atoms with van der Waals surface area (Å²) >= 11 is 0. The maximum atomic E-state index is 10.9. The summed E-state index contributed by atoms with van der Waals surface area (Å²) < 4.78 is 14.8. The van der Waals surface area contributed by atoms with Gasteiger partial charge in [-0.15, -0.1) is 0 Å². The third-order valence-electron chi connectivity index (χ3n) is 2.49. The highest BCUT2D eigenvalue weighted by Gasteiger charge is 2.09. The zero-order valence-electron chi connectivity index (χ0n) is 10.8. The van der Waals surface area contributed by atoms with Crippen molar-refractivity contribution in [3.8, 4) is 11.5 Å². The van der Waals surface area contributed by atoms with Crippen LogP contribution in [0, 0.1) is 0 Å². The van der Waals surface area contributed by atoms with Crippen LogP contribution in [-0.4, -0.2) is 34.0 Å². The number of amides is 1. The van der Waals surface area contributed by atoms with Crippen LogP contribution in [0.4, 0.5) is 10.5 Å². The number of hydrogen-bond acceptors (Lipinski definition) is 5. The first-order valence-electron chi connectivity index (χ1n) is 5.44. The molecule has 0 unspecified atom stereocenters. The van der Waals surface area contributed by atoms with Gasteiger partial charge in [-0.25, -0.2) is 4.79 Å². The normalized spacial score (nSPS) is 9.72. The minimum absolute atomic E-state index is 0.437. The Morgan fingerprint density at radius 2 is 1.83 bits per heavy atom. The van der Waals surface area contributed by atoms with Gasteiger partial charge in [0.05, 0.1) is 21.3 Å². The van der Waals surface area contributed by atoms with E-state index in [2.05, 4.69) is 10.1 Å². The van der Waals surface area contributed by atoms with Crippen LogP contribution in [-0.2, 0) is 11.2 Å². The molecule has 1 amide bonds. The topological polar surface area (TPSA) is 82.8 Å². The Bertz CT molecular complexity index is 421. The number of nitrogens with one attached hydrogen (secondary N) is 1. The molecular formula is C12H18N2O4. The fourth-order valence-corrected chi connectivity index (χ4v) is 1.52. The second kappa shape index (κ2) is 6.58. The zero-order chi connectivity index (χ0) is 13.5. The zero-order valence-corrected chi connectivity index (χ0v) is 10.8. The molecule has 3 N–H and O–H groups in total. The van der Waals surface area contributed by atoms with Gasteiger partial charge in [0.15, 0.2) is 11.5 Å². The number of benzene rings is 1. The molecule has 18 heavy (non-hydrogen) atoms. The van der Waals surface area contributed by atoms with Crippen molar-refractivity contribution in [2.24, 2.45) is 0 Å². The van der Waals surface area contributed by atoms with Crippen molar-refractivity contribution in [3.05, 3.63) is 17.7 Å². The minimum atomic E-state index is -0.464. The molecule has 1 rings (SSSR count). The van der Waals surface area contributed by atoms with Crippen LogP contribution in [0.5, 0.6) is 11.5 Å². The number of carbonyl (C=O) groups is 1. The van der Waals surface area contributed by atoms with Gasteiger partial charge in [0.25, 0.3) is 0 Å². The Labute approximate surface area is 106 Å². The van der Waals surface area contributed by atoms with E-state index in [1.54, 1.807) is 26.4 Å². The summed E-state index contributed by atoms with van der Waals surface area (Å²) in [6, 6.07) is 3.50. The Balaban J connectivity index is 2.73. The van der Waals surface area contributed by atoms with Crippen molar-refractivity contribution in [1.82, 2.24) is 5.32 Å². The third kappa shape index (κ3) is 3.44. The summed E-state index contributed by atoms with van der Waals surface area (Å²) in [5, 5.41) is 2.59. The molecule has 0 atom stereocenters. The lowest BCUT2D eigenvalue weighted by Crippen LogP contribution is -2.25. The van der Waals surface area contributed by atoms with Crippen molar-refractivity contribution in [2.75, 3.05) is 33.6 Å². The molecule has 6 nitrogen and oxygen atoms in total. The Kier molecular flexibility index (Phi) is 5.10. The van der Waals surface area contributed by atoms with E-state index >= 15 is 0 Å². The largest absolute Gasteiger partial charge is 0.493 e. The van der Waals surface area contributed by atoms with E-state index < -0.39 is 6.09 Å². The monoisotopic (exact) mass is 254 g/mol. The lowest BCUT2D eigenvalue weighted by Gasteiger charge is -2.12. The molecule has 0 heterocycles. The summed E-state index contributed by atoms with van der Waals surface area (Å²) in [6.45, 7) is 0.437. The second-order valence-corrected chi connectivity index (χ2v) is 3.57. The van der Waals surface area contributed by atoms with E-state index in [1.165, 1.54) is 7.11 Å². The van der Waals surface area contributed by atoms with Crippen molar-refractivity contribution < 1.29 is 19.0 Å². The smallest absolute Gasteiger partial charge is 0.406 e. The number of rotatable bonds is 5. The number of ether oxygens (including phenoxy) is 3. The third-order valence-corrected chi connectivity index (χ3v) is 2.49. The van der Waals surface area contributed by atoms with Gasteiger partial charge in [0.1, 0.15) is 0 Å². The Morgan fingerprint density at radius 1 is 1.22 bits per heavy atom. The Morgan fingerprint density at radius 3 is 2.39 bits per heavy atom. The molecule has 100 valence electrons. The van der Waals surface area contributed by atoms with E-state index in [-0.39, 0.29) is 0 Å². The predicted octanol–water partition coefficient (Wildman–Crippen LogP) is 1.18. The number of anilines is 1. The molecule has 0 fully saturated rings. The highest BCUT2D eigenvalue weighted by Crippen LogP contribution is 2.31. The first-order valence-corrected chi connectivity index (χ1v) is 5.44. The summed E-state index contributed by atoms with van der Waals surface area (Å²) in [5.74, 6) is 1.19. The van der Waals surface area contributed by atoms with E-state index in [0.717, 1.165) is 5.56 Å². The molecule has 0 bridgehead atoms. The van der Waals surface area contributed by atoms with Gasteiger partial charge in [-0.05, 0) is 18.1 Å². The maximum absolute atomic E-state index is 10.9. The molecular weight excluding hydrogens is 236 g/mol. The first kappa shape index (κ1) is 14.0. The molecule has 0 aliphatic rings. The van der Waals surface area contributed by atoms with Crippen molar-refractivity contribution in [3.63, 3.8) is 0 Å². The summed E-state index contributed by atoms with van der Waals surface area (Å²) in [5.41, 5.74) is 7.37. The fourth-order valence-electron chi connectivity index (χ4n) is 1.52. The molecule has 0 aromatic heterocycles. The Hall–Kier alpha value is -2.11.